The van der Waals surface area contributed by atoms with Gasteiger partial charge in [-0.05, 0) is 30.2 Å². The molecule has 0 fully saturated rings. The summed E-state index contributed by atoms with van der Waals surface area (Å²) in [6, 6.07) is 7.79. The third-order valence-corrected chi connectivity index (χ3v) is 4.05. The van der Waals surface area contributed by atoms with Crippen molar-refractivity contribution in [2.75, 3.05) is 21.3 Å². The third-order valence-electron chi connectivity index (χ3n) is 3.24. The fourth-order valence-electron chi connectivity index (χ4n) is 2.13. The summed E-state index contributed by atoms with van der Waals surface area (Å²) in [7, 11) is 4.89. The van der Waals surface area contributed by atoms with E-state index >= 15 is 0 Å². The van der Waals surface area contributed by atoms with Crippen LogP contribution in [0.15, 0.2) is 36.7 Å². The predicted molar refractivity (Wildman–Crippen MR) is 85.7 cm³/mol. The van der Waals surface area contributed by atoms with Gasteiger partial charge in [-0.3, -0.25) is 4.98 Å². The molecule has 112 valence electrons. The highest BCUT2D eigenvalue weighted by atomic mass is 79.9. The second kappa shape index (κ2) is 7.31. The largest absolute Gasteiger partial charge is 0.496 e. The molecule has 0 aliphatic heterocycles. The van der Waals surface area contributed by atoms with E-state index in [0.717, 1.165) is 17.7 Å². The summed E-state index contributed by atoms with van der Waals surface area (Å²) in [6.07, 6.45) is 4.41. The van der Waals surface area contributed by atoms with Crippen LogP contribution in [0.5, 0.6) is 17.2 Å². The van der Waals surface area contributed by atoms with E-state index < -0.39 is 0 Å². The maximum atomic E-state index is 5.47. The molecule has 0 saturated heterocycles. The molecule has 0 spiro atoms. The molecule has 4 nitrogen and oxygen atoms in total. The van der Waals surface area contributed by atoms with Crippen LogP contribution >= 0.6 is 15.9 Å². The molecule has 5 heteroatoms. The number of ether oxygens (including phenoxy) is 3. The lowest BCUT2D eigenvalue weighted by Crippen LogP contribution is -2.01. The van der Waals surface area contributed by atoms with Crippen LogP contribution in [0.4, 0.5) is 0 Å². The molecule has 0 bridgehead atoms. The van der Waals surface area contributed by atoms with Crippen LogP contribution in [0.25, 0.3) is 0 Å². The molecule has 0 saturated carbocycles. The Balaban J connectivity index is 2.33. The molecule has 0 N–H and O–H groups in total. The monoisotopic (exact) mass is 351 g/mol. The van der Waals surface area contributed by atoms with Gasteiger partial charge >= 0.3 is 0 Å². The molecule has 2 rings (SSSR count). The van der Waals surface area contributed by atoms with Crippen molar-refractivity contribution in [1.29, 1.82) is 0 Å². The van der Waals surface area contributed by atoms with Crippen molar-refractivity contribution in [2.45, 2.75) is 11.2 Å². The van der Waals surface area contributed by atoms with Gasteiger partial charge in [0.1, 0.15) is 5.75 Å². The molecule has 1 aromatic carbocycles. The number of aromatic nitrogens is 1. The molecule has 0 radical (unpaired) electrons. The lowest BCUT2D eigenvalue weighted by atomic mass is 10.0. The van der Waals surface area contributed by atoms with Crippen molar-refractivity contribution >= 4 is 15.9 Å². The third kappa shape index (κ3) is 3.67. The highest BCUT2D eigenvalue weighted by Gasteiger charge is 2.18. The Labute approximate surface area is 133 Å². The van der Waals surface area contributed by atoms with Crippen molar-refractivity contribution in [3.63, 3.8) is 0 Å². The summed E-state index contributed by atoms with van der Waals surface area (Å²) in [6.45, 7) is 0. The highest BCUT2D eigenvalue weighted by Crippen LogP contribution is 2.41. The number of hydrogen-bond acceptors (Lipinski definition) is 4. The summed E-state index contributed by atoms with van der Waals surface area (Å²) in [4.78, 5) is 4.14. The lowest BCUT2D eigenvalue weighted by molar-refractivity contribution is 0.347. The number of alkyl halides is 1. The van der Waals surface area contributed by atoms with Crippen LogP contribution in [0.3, 0.4) is 0 Å². The minimum absolute atomic E-state index is 0.106. The number of nitrogens with zero attached hydrogens (tertiary/aromatic N) is 1. The average Bonchev–Trinajstić information content (AvgIpc) is 2.54. The molecule has 0 aliphatic rings. The number of pyridine rings is 1. The SMILES string of the molecule is COc1cc(OC)c(C(Br)Cc2ccncc2)cc1OC. The van der Waals surface area contributed by atoms with Gasteiger partial charge in [0, 0.05) is 28.9 Å². The first-order chi connectivity index (χ1) is 10.2. The number of rotatable bonds is 6. The van der Waals surface area contributed by atoms with E-state index in [1.165, 1.54) is 5.56 Å². The molecule has 2 aromatic rings. The molecule has 21 heavy (non-hydrogen) atoms. The maximum absolute atomic E-state index is 5.47. The van der Waals surface area contributed by atoms with Crippen molar-refractivity contribution in [3.8, 4) is 17.2 Å². The Bertz CT molecular complexity index is 590. The Kier molecular flexibility index (Phi) is 5.44. The van der Waals surface area contributed by atoms with Crippen molar-refractivity contribution in [3.05, 3.63) is 47.8 Å². The first kappa shape index (κ1) is 15.6. The van der Waals surface area contributed by atoms with Gasteiger partial charge in [0.2, 0.25) is 0 Å². The van der Waals surface area contributed by atoms with Crippen LogP contribution in [0.2, 0.25) is 0 Å². The summed E-state index contributed by atoms with van der Waals surface area (Å²) < 4.78 is 16.1. The van der Waals surface area contributed by atoms with Crippen LogP contribution < -0.4 is 14.2 Å². The van der Waals surface area contributed by atoms with E-state index in [9.17, 15) is 0 Å². The van der Waals surface area contributed by atoms with Gasteiger partial charge in [0.25, 0.3) is 0 Å². The first-order valence-electron chi connectivity index (χ1n) is 6.52. The molecule has 1 heterocycles. The molecule has 0 aliphatic carbocycles. The summed E-state index contributed by atoms with van der Waals surface area (Å²) >= 11 is 3.73. The van der Waals surface area contributed by atoms with Gasteiger partial charge < -0.3 is 14.2 Å². The summed E-state index contributed by atoms with van der Waals surface area (Å²) in [5.74, 6) is 2.11. The van der Waals surface area contributed by atoms with Gasteiger partial charge in [0.15, 0.2) is 11.5 Å². The zero-order valence-corrected chi connectivity index (χ0v) is 13.9. The van der Waals surface area contributed by atoms with E-state index in [1.54, 1.807) is 33.7 Å². The molecule has 1 atom stereocenters. The van der Waals surface area contributed by atoms with E-state index in [2.05, 4.69) is 20.9 Å². The molecule has 1 aromatic heterocycles. The zero-order chi connectivity index (χ0) is 15.2. The zero-order valence-electron chi connectivity index (χ0n) is 12.3. The fourth-order valence-corrected chi connectivity index (χ4v) is 2.86. The molecular weight excluding hydrogens is 334 g/mol. The molecule has 0 amide bonds. The van der Waals surface area contributed by atoms with Crippen molar-refractivity contribution < 1.29 is 14.2 Å². The summed E-state index contributed by atoms with van der Waals surface area (Å²) in [5, 5.41) is 0. The van der Waals surface area contributed by atoms with Crippen LogP contribution in [-0.4, -0.2) is 26.3 Å². The normalized spacial score (nSPS) is 11.8. The van der Waals surface area contributed by atoms with E-state index in [-0.39, 0.29) is 4.83 Å². The quantitative estimate of drug-likeness (QED) is 0.742. The second-order valence-electron chi connectivity index (χ2n) is 4.48. The number of benzene rings is 1. The number of hydrogen-bond donors (Lipinski definition) is 0. The van der Waals surface area contributed by atoms with E-state index in [0.29, 0.717) is 11.5 Å². The predicted octanol–water partition coefficient (Wildman–Crippen LogP) is 3.79. The lowest BCUT2D eigenvalue weighted by Gasteiger charge is -2.17. The Morgan fingerprint density at radius 1 is 0.952 bits per heavy atom. The second-order valence-corrected chi connectivity index (χ2v) is 5.58. The van der Waals surface area contributed by atoms with Gasteiger partial charge in [-0.15, -0.1) is 0 Å². The van der Waals surface area contributed by atoms with Gasteiger partial charge in [-0.2, -0.15) is 0 Å². The van der Waals surface area contributed by atoms with Gasteiger partial charge in [-0.25, -0.2) is 0 Å². The minimum Gasteiger partial charge on any atom is -0.496 e. The fraction of sp³-hybridized carbons (Fsp3) is 0.312. The minimum atomic E-state index is 0.106. The smallest absolute Gasteiger partial charge is 0.164 e. The number of halogens is 1. The van der Waals surface area contributed by atoms with Crippen LogP contribution in [0.1, 0.15) is 16.0 Å². The first-order valence-corrected chi connectivity index (χ1v) is 7.44. The average molecular weight is 352 g/mol. The molecule has 1 unspecified atom stereocenters. The Hall–Kier alpha value is -1.75. The van der Waals surface area contributed by atoms with Gasteiger partial charge in [0.05, 0.1) is 21.3 Å². The van der Waals surface area contributed by atoms with Gasteiger partial charge in [-0.1, -0.05) is 15.9 Å². The topological polar surface area (TPSA) is 40.6 Å². The standard InChI is InChI=1S/C16H18BrNO3/c1-19-14-10-16(21-3)15(20-2)9-12(14)13(17)8-11-4-6-18-7-5-11/h4-7,9-10,13H,8H2,1-3H3. The summed E-state index contributed by atoms with van der Waals surface area (Å²) in [5.41, 5.74) is 2.22. The Morgan fingerprint density at radius 2 is 1.52 bits per heavy atom. The van der Waals surface area contributed by atoms with Crippen molar-refractivity contribution in [2.24, 2.45) is 0 Å². The van der Waals surface area contributed by atoms with Crippen LogP contribution in [0, 0.1) is 0 Å². The highest BCUT2D eigenvalue weighted by molar-refractivity contribution is 9.09. The van der Waals surface area contributed by atoms with Crippen molar-refractivity contribution in [1.82, 2.24) is 4.98 Å². The maximum Gasteiger partial charge on any atom is 0.164 e. The van der Waals surface area contributed by atoms with E-state index in [4.69, 9.17) is 14.2 Å². The molecular formula is C16H18BrNO3. The number of methoxy groups -OCH3 is 3. The van der Waals surface area contributed by atoms with E-state index in [1.807, 2.05) is 24.3 Å². The Morgan fingerprint density at radius 3 is 2.10 bits per heavy atom. The van der Waals surface area contributed by atoms with Crippen LogP contribution in [-0.2, 0) is 6.42 Å².